The van der Waals surface area contributed by atoms with Gasteiger partial charge in [-0.25, -0.2) is 0 Å². The van der Waals surface area contributed by atoms with E-state index in [1.807, 2.05) is 0 Å². The molecule has 0 atom stereocenters. The van der Waals surface area contributed by atoms with Crippen LogP contribution in [0.1, 0.15) is 7.43 Å². The summed E-state index contributed by atoms with van der Waals surface area (Å²) in [4.78, 5) is 2.33. The zero-order chi connectivity index (χ0) is 5.11. The number of nitrogens with one attached hydrogen (secondary N) is 1. The van der Waals surface area contributed by atoms with Crippen LogP contribution in [0.3, 0.4) is 0 Å². The molecule has 0 radical (unpaired) electrons. The highest BCUT2D eigenvalue weighted by molar-refractivity contribution is 4.62. The molecule has 0 bridgehead atoms. The summed E-state index contributed by atoms with van der Waals surface area (Å²) in [6.07, 6.45) is 0. The first-order chi connectivity index (χ1) is 3.39. The lowest BCUT2D eigenvalue weighted by Crippen LogP contribution is -2.40. The third-order valence-corrected chi connectivity index (χ3v) is 1.34. The maximum atomic E-state index is 3.27. The van der Waals surface area contributed by atoms with Gasteiger partial charge < -0.3 is 10.2 Å². The second-order valence-corrected chi connectivity index (χ2v) is 2.05. The Bertz CT molecular complexity index is 48.5. The molecule has 0 unspecified atom stereocenters. The van der Waals surface area contributed by atoms with Crippen molar-refractivity contribution >= 4 is 0 Å². The molecular weight excluding hydrogens is 101 g/mol. The topological polar surface area (TPSA) is 15.3 Å². The molecule has 2 nitrogen and oxygen atoms in total. The average Bonchev–Trinajstić information content (AvgIpc) is 1.69. The first-order valence-electron chi connectivity index (χ1n) is 2.79. The van der Waals surface area contributed by atoms with Gasteiger partial charge in [-0.05, 0) is 7.05 Å². The van der Waals surface area contributed by atoms with Crippen LogP contribution in [0.15, 0.2) is 0 Å². The molecule has 1 N–H and O–H groups in total. The van der Waals surface area contributed by atoms with E-state index in [1.165, 1.54) is 13.1 Å². The van der Waals surface area contributed by atoms with Gasteiger partial charge in [0.05, 0.1) is 0 Å². The van der Waals surface area contributed by atoms with Gasteiger partial charge in [0.25, 0.3) is 0 Å². The zero-order valence-corrected chi connectivity index (χ0v) is 4.78. The third-order valence-electron chi connectivity index (χ3n) is 1.34. The van der Waals surface area contributed by atoms with Gasteiger partial charge in [-0.2, -0.15) is 0 Å². The molecule has 0 amide bonds. The molecule has 1 heterocycles. The second kappa shape index (κ2) is 3.87. The Labute approximate surface area is 51.9 Å². The average molecular weight is 117 g/mol. The Hall–Kier alpha value is -0.0800. The lowest BCUT2D eigenvalue weighted by atomic mass is 10.4. The highest BCUT2D eigenvalue weighted by Crippen LogP contribution is 1.82. The molecular formula is C6H16N2. The maximum Gasteiger partial charge on any atom is 0.0104 e. The van der Waals surface area contributed by atoms with E-state index >= 15 is 0 Å². The Morgan fingerprint density at radius 2 is 1.75 bits per heavy atom. The molecule has 0 aromatic carbocycles. The molecule has 1 rings (SSSR count). The van der Waals surface area contributed by atoms with Gasteiger partial charge in [-0.15, -0.1) is 0 Å². The summed E-state index contributed by atoms with van der Waals surface area (Å²) in [7, 11) is 2.15. The highest BCUT2D eigenvalue weighted by Gasteiger charge is 2.01. The monoisotopic (exact) mass is 117 g/mol. The van der Waals surface area contributed by atoms with Crippen molar-refractivity contribution in [2.45, 2.75) is 7.43 Å². The standard InChI is InChI=1S/C5H12N2.CH4/c1-7-4-2-6-3-5-7;/h6H,2-5H2,1H3;1H4/i6+1;. The van der Waals surface area contributed by atoms with E-state index in [-0.39, 0.29) is 7.43 Å². The third kappa shape index (κ3) is 2.28. The molecule has 0 aliphatic carbocycles. The summed E-state index contributed by atoms with van der Waals surface area (Å²) in [6, 6.07) is 0. The minimum Gasteiger partial charge on any atom is -0.314 e. The minimum atomic E-state index is 0. The van der Waals surface area contributed by atoms with E-state index in [0.29, 0.717) is 0 Å². The van der Waals surface area contributed by atoms with Crippen molar-refractivity contribution in [3.8, 4) is 0 Å². The van der Waals surface area contributed by atoms with E-state index in [2.05, 4.69) is 17.3 Å². The van der Waals surface area contributed by atoms with Crippen molar-refractivity contribution in [2.75, 3.05) is 33.2 Å². The van der Waals surface area contributed by atoms with Crippen LogP contribution in [0.2, 0.25) is 0 Å². The summed E-state index contributed by atoms with van der Waals surface area (Å²) in [6.45, 7) is 4.74. The van der Waals surface area contributed by atoms with Gasteiger partial charge >= 0.3 is 0 Å². The van der Waals surface area contributed by atoms with Gasteiger partial charge in [0.1, 0.15) is 0 Å². The Morgan fingerprint density at radius 3 is 2.00 bits per heavy atom. The van der Waals surface area contributed by atoms with Crippen LogP contribution in [0.25, 0.3) is 0 Å². The van der Waals surface area contributed by atoms with Crippen molar-refractivity contribution < 1.29 is 0 Å². The number of hydrogen-bond acceptors (Lipinski definition) is 2. The fourth-order valence-electron chi connectivity index (χ4n) is 0.777. The number of likely N-dealkylation sites (N-methyl/N-ethyl adjacent to an activating group) is 1. The van der Waals surface area contributed by atoms with Gasteiger partial charge in [-0.3, -0.25) is 0 Å². The Morgan fingerprint density at radius 1 is 1.25 bits per heavy atom. The molecule has 0 aromatic heterocycles. The minimum absolute atomic E-state index is 0. The van der Waals surface area contributed by atoms with Gasteiger partial charge in [-0.1, -0.05) is 7.43 Å². The molecule has 1 saturated heterocycles. The largest absolute Gasteiger partial charge is 0.314 e. The van der Waals surface area contributed by atoms with Crippen LogP contribution >= 0.6 is 0 Å². The normalized spacial score (nSPS) is 22.1. The molecule has 1 aliphatic rings. The van der Waals surface area contributed by atoms with E-state index in [1.54, 1.807) is 0 Å². The van der Waals surface area contributed by atoms with Gasteiger partial charge in [0.15, 0.2) is 0 Å². The number of piperazine rings is 1. The zero-order valence-electron chi connectivity index (χ0n) is 4.78. The van der Waals surface area contributed by atoms with Crippen LogP contribution in [-0.2, 0) is 0 Å². The second-order valence-electron chi connectivity index (χ2n) is 2.05. The van der Waals surface area contributed by atoms with Crippen LogP contribution in [0.5, 0.6) is 0 Å². The SMILES string of the molecule is C.CN1CC[15NH]CC1. The molecule has 8 heavy (non-hydrogen) atoms. The van der Waals surface area contributed by atoms with Crippen LogP contribution < -0.4 is 5.32 Å². The van der Waals surface area contributed by atoms with Gasteiger partial charge in [0.2, 0.25) is 0 Å². The quantitative estimate of drug-likeness (QED) is 0.455. The smallest absolute Gasteiger partial charge is 0.0104 e. The van der Waals surface area contributed by atoms with E-state index < -0.39 is 0 Å². The molecule has 1 aliphatic heterocycles. The Kier molecular flexibility index (Phi) is 3.83. The lowest BCUT2D eigenvalue weighted by Gasteiger charge is -2.21. The molecule has 1 fully saturated rings. The summed E-state index contributed by atoms with van der Waals surface area (Å²) in [5.74, 6) is 0. The lowest BCUT2D eigenvalue weighted by molar-refractivity contribution is 0.291. The summed E-state index contributed by atoms with van der Waals surface area (Å²) >= 11 is 0. The molecule has 0 saturated carbocycles. The van der Waals surface area contributed by atoms with Crippen molar-refractivity contribution in [3.63, 3.8) is 0 Å². The van der Waals surface area contributed by atoms with Crippen molar-refractivity contribution in [1.29, 1.82) is 0 Å². The van der Waals surface area contributed by atoms with Crippen LogP contribution in [-0.4, -0.2) is 38.1 Å². The predicted molar refractivity (Wildman–Crippen MR) is 37.1 cm³/mol. The van der Waals surface area contributed by atoms with Crippen molar-refractivity contribution in [3.05, 3.63) is 0 Å². The van der Waals surface area contributed by atoms with Crippen molar-refractivity contribution in [2.24, 2.45) is 0 Å². The molecule has 2 heteroatoms. The van der Waals surface area contributed by atoms with Crippen LogP contribution in [0, 0.1) is 0 Å². The number of nitrogens with zero attached hydrogens (tertiary/aromatic N) is 1. The van der Waals surface area contributed by atoms with Gasteiger partial charge in [0, 0.05) is 26.2 Å². The fourth-order valence-corrected chi connectivity index (χ4v) is 0.777. The van der Waals surface area contributed by atoms with E-state index in [4.69, 9.17) is 0 Å². The van der Waals surface area contributed by atoms with Crippen molar-refractivity contribution in [1.82, 2.24) is 10.2 Å². The summed E-state index contributed by atoms with van der Waals surface area (Å²) in [5, 5.41) is 3.27. The predicted octanol–water partition coefficient (Wildman–Crippen LogP) is 0.158. The summed E-state index contributed by atoms with van der Waals surface area (Å²) in [5.41, 5.74) is 0. The highest BCUT2D eigenvalue weighted by atomic mass is 15.6. The number of rotatable bonds is 0. The fraction of sp³-hybridized carbons (Fsp3) is 1.00. The van der Waals surface area contributed by atoms with Crippen LogP contribution in [0.4, 0.5) is 0 Å². The Balaban J connectivity index is 0.000000490. The van der Waals surface area contributed by atoms with E-state index in [0.717, 1.165) is 13.1 Å². The molecule has 50 valence electrons. The first kappa shape index (κ1) is 7.92. The van der Waals surface area contributed by atoms with E-state index in [9.17, 15) is 0 Å². The maximum absolute atomic E-state index is 3.27. The molecule has 0 aromatic rings. The molecule has 0 spiro atoms. The first-order valence-corrected chi connectivity index (χ1v) is 2.79. The number of hydrogen-bond donors (Lipinski definition) is 1. The summed E-state index contributed by atoms with van der Waals surface area (Å²) < 4.78 is 0.